The molecule has 1 aliphatic heterocycles. The predicted molar refractivity (Wildman–Crippen MR) is 162 cm³/mol. The van der Waals surface area contributed by atoms with Crippen LogP contribution >= 0.6 is 43.2 Å². The Bertz CT molecular complexity index is 1620. The van der Waals surface area contributed by atoms with Gasteiger partial charge in [-0.3, -0.25) is 9.36 Å². The lowest BCUT2D eigenvalue weighted by atomic mass is 9.95. The van der Waals surface area contributed by atoms with Crippen LogP contribution in [0.25, 0.3) is 6.08 Å². The van der Waals surface area contributed by atoms with Gasteiger partial charge in [0.05, 0.1) is 57.2 Å². The van der Waals surface area contributed by atoms with E-state index in [4.69, 9.17) is 18.9 Å². The van der Waals surface area contributed by atoms with Crippen LogP contribution in [0.2, 0.25) is 0 Å². The Labute approximate surface area is 253 Å². The minimum atomic E-state index is -0.758. The summed E-state index contributed by atoms with van der Waals surface area (Å²) in [4.78, 5) is 32.3. The number of benzene rings is 2. The van der Waals surface area contributed by atoms with Crippen molar-refractivity contribution in [3.8, 4) is 17.2 Å². The zero-order valence-electron chi connectivity index (χ0n) is 22.9. The van der Waals surface area contributed by atoms with Gasteiger partial charge >= 0.3 is 5.97 Å². The molecule has 0 spiro atoms. The van der Waals surface area contributed by atoms with Crippen LogP contribution in [-0.4, -0.2) is 37.0 Å². The average Bonchev–Trinajstić information content (AvgIpc) is 3.21. The van der Waals surface area contributed by atoms with E-state index in [0.717, 1.165) is 14.5 Å². The maximum absolute atomic E-state index is 14.0. The van der Waals surface area contributed by atoms with Gasteiger partial charge in [0.25, 0.3) is 5.56 Å². The first-order valence-electron chi connectivity index (χ1n) is 12.9. The van der Waals surface area contributed by atoms with Crippen LogP contribution in [0.4, 0.5) is 0 Å². The summed E-state index contributed by atoms with van der Waals surface area (Å²) in [7, 11) is 0. The Balaban J connectivity index is 1.93. The maximum atomic E-state index is 14.0. The Morgan fingerprint density at radius 1 is 0.975 bits per heavy atom. The Hall–Kier alpha value is -2.89. The van der Waals surface area contributed by atoms with Crippen LogP contribution in [0.3, 0.4) is 0 Å². The molecule has 3 aromatic rings. The summed E-state index contributed by atoms with van der Waals surface area (Å²) >= 11 is 8.38. The fourth-order valence-electron chi connectivity index (χ4n) is 4.44. The average molecular weight is 694 g/mol. The molecule has 1 atom stereocenters. The molecule has 0 saturated heterocycles. The Kier molecular flexibility index (Phi) is 9.91. The lowest BCUT2D eigenvalue weighted by molar-refractivity contribution is -0.139. The van der Waals surface area contributed by atoms with Crippen LogP contribution in [0, 0.1) is 0 Å². The molecule has 0 aliphatic carbocycles. The van der Waals surface area contributed by atoms with Gasteiger partial charge < -0.3 is 18.9 Å². The third-order valence-corrected chi connectivity index (χ3v) is 8.17. The van der Waals surface area contributed by atoms with Crippen LogP contribution in [0.15, 0.2) is 60.3 Å². The fraction of sp³-hybridized carbons (Fsp3) is 0.345. The van der Waals surface area contributed by atoms with Crippen molar-refractivity contribution in [1.29, 1.82) is 0 Å². The predicted octanol–water partition coefficient (Wildman–Crippen LogP) is 5.52. The van der Waals surface area contributed by atoms with Gasteiger partial charge in [-0.05, 0) is 108 Å². The molecule has 8 nitrogen and oxygen atoms in total. The van der Waals surface area contributed by atoms with Crippen LogP contribution < -0.4 is 29.1 Å². The van der Waals surface area contributed by atoms with E-state index in [0.29, 0.717) is 63.2 Å². The largest absolute Gasteiger partial charge is 0.492 e. The summed E-state index contributed by atoms with van der Waals surface area (Å²) in [5.41, 5.74) is 2.01. The highest BCUT2D eigenvalue weighted by molar-refractivity contribution is 9.11. The van der Waals surface area contributed by atoms with Gasteiger partial charge in [-0.25, -0.2) is 9.79 Å². The van der Waals surface area contributed by atoms with Gasteiger partial charge in [0.1, 0.15) is 5.75 Å². The van der Waals surface area contributed by atoms with Crippen LogP contribution in [0.5, 0.6) is 17.2 Å². The number of fused-ring (bicyclic) bond motifs is 1. The number of allylic oxidation sites excluding steroid dienone is 1. The number of hydrogen-bond acceptors (Lipinski definition) is 8. The first kappa shape index (κ1) is 30.1. The highest BCUT2D eigenvalue weighted by Gasteiger charge is 2.34. The number of thiazole rings is 1. The molecule has 0 radical (unpaired) electrons. The molecule has 0 saturated carbocycles. The maximum Gasteiger partial charge on any atom is 0.338 e. The highest BCUT2D eigenvalue weighted by atomic mass is 79.9. The number of carbonyl (C=O) groups excluding carboxylic acids is 1. The number of carbonyl (C=O) groups is 1. The summed E-state index contributed by atoms with van der Waals surface area (Å²) in [5.74, 6) is 1.29. The minimum Gasteiger partial charge on any atom is -0.492 e. The van der Waals surface area contributed by atoms with Crippen molar-refractivity contribution in [2.24, 2.45) is 4.99 Å². The number of rotatable bonds is 10. The van der Waals surface area contributed by atoms with Gasteiger partial charge in [0.2, 0.25) is 0 Å². The number of halogens is 2. The Morgan fingerprint density at radius 3 is 2.25 bits per heavy atom. The quantitative estimate of drug-likeness (QED) is 0.260. The molecule has 2 aromatic carbocycles. The van der Waals surface area contributed by atoms with E-state index in [9.17, 15) is 9.59 Å². The summed E-state index contributed by atoms with van der Waals surface area (Å²) in [6, 6.07) is 8.48. The highest BCUT2D eigenvalue weighted by Crippen LogP contribution is 2.37. The van der Waals surface area contributed by atoms with Crippen molar-refractivity contribution in [2.45, 2.75) is 40.7 Å². The molecule has 0 bridgehead atoms. The molecule has 2 heterocycles. The standard InChI is InChI=1S/C29H30Br2N2O6S/c1-6-36-21-11-10-18(15-22(21)37-7-2)25-24(28(35)39-9-4)16(5)32-29-33(25)27(34)23(40-29)14-17-12-19(30)26(38-8-3)20(31)13-17/h10-15,25H,6-9H2,1-5H3/b23-14-/t25-/m1/s1. The first-order valence-corrected chi connectivity index (χ1v) is 15.3. The third-order valence-electron chi connectivity index (χ3n) is 6.01. The van der Waals surface area contributed by atoms with Gasteiger partial charge in [0, 0.05) is 0 Å². The molecule has 0 unspecified atom stereocenters. The number of aromatic nitrogens is 1. The smallest absolute Gasteiger partial charge is 0.338 e. The van der Waals surface area contributed by atoms with Gasteiger partial charge in [-0.15, -0.1) is 0 Å². The van der Waals surface area contributed by atoms with E-state index in [1.807, 2.05) is 45.0 Å². The molecule has 0 amide bonds. The normalized spacial score (nSPS) is 15.0. The van der Waals surface area contributed by atoms with Crippen molar-refractivity contribution < 1.29 is 23.7 Å². The molecule has 40 heavy (non-hydrogen) atoms. The lowest BCUT2D eigenvalue weighted by Crippen LogP contribution is -2.40. The van der Waals surface area contributed by atoms with E-state index in [2.05, 4.69) is 36.9 Å². The molecule has 1 aliphatic rings. The van der Waals surface area contributed by atoms with Crippen molar-refractivity contribution in [1.82, 2.24) is 4.57 Å². The second-order valence-corrected chi connectivity index (χ2v) is 11.3. The lowest BCUT2D eigenvalue weighted by Gasteiger charge is -2.25. The molecular weight excluding hydrogens is 664 g/mol. The second-order valence-electron chi connectivity index (χ2n) is 8.62. The summed E-state index contributed by atoms with van der Waals surface area (Å²) in [6.07, 6.45) is 1.80. The summed E-state index contributed by atoms with van der Waals surface area (Å²) in [5, 5.41) is 0. The monoisotopic (exact) mass is 692 g/mol. The number of ether oxygens (including phenoxy) is 4. The number of hydrogen-bond donors (Lipinski definition) is 0. The molecule has 0 fully saturated rings. The Morgan fingerprint density at radius 2 is 1.62 bits per heavy atom. The van der Waals surface area contributed by atoms with Crippen LogP contribution in [0.1, 0.15) is 51.8 Å². The zero-order chi connectivity index (χ0) is 29.0. The molecule has 212 valence electrons. The van der Waals surface area contributed by atoms with Crippen LogP contribution in [-0.2, 0) is 9.53 Å². The van der Waals surface area contributed by atoms with E-state index < -0.39 is 12.0 Å². The number of esters is 1. The van der Waals surface area contributed by atoms with Crippen molar-refractivity contribution >= 4 is 55.2 Å². The molecule has 4 rings (SSSR count). The molecule has 1 aromatic heterocycles. The zero-order valence-corrected chi connectivity index (χ0v) is 26.9. The minimum absolute atomic E-state index is 0.196. The van der Waals surface area contributed by atoms with E-state index in [1.54, 1.807) is 30.6 Å². The molecular formula is C29H30Br2N2O6S. The molecule has 0 N–H and O–H groups in total. The topological polar surface area (TPSA) is 88.4 Å². The SMILES string of the molecule is CCOC(=O)C1=C(C)N=c2s/c(=C\c3cc(Br)c(OCC)c(Br)c3)c(=O)n2[C@@H]1c1ccc(OCC)c(OCC)c1. The third kappa shape index (κ3) is 6.06. The fourth-order valence-corrected chi connectivity index (χ4v) is 6.94. The van der Waals surface area contributed by atoms with Crippen molar-refractivity contribution in [3.63, 3.8) is 0 Å². The second kappa shape index (κ2) is 13.2. The van der Waals surface area contributed by atoms with Gasteiger partial charge in [-0.1, -0.05) is 17.4 Å². The first-order chi connectivity index (χ1) is 19.2. The summed E-state index contributed by atoms with van der Waals surface area (Å²) < 4.78 is 26.2. The van der Waals surface area contributed by atoms with Crippen molar-refractivity contribution in [2.75, 3.05) is 26.4 Å². The van der Waals surface area contributed by atoms with E-state index in [-0.39, 0.29) is 12.2 Å². The molecule has 11 heteroatoms. The van der Waals surface area contributed by atoms with Gasteiger partial charge in [0.15, 0.2) is 16.3 Å². The number of nitrogens with zero attached hydrogens (tertiary/aromatic N) is 2. The summed E-state index contributed by atoms with van der Waals surface area (Å²) in [6.45, 7) is 10.8. The van der Waals surface area contributed by atoms with E-state index in [1.165, 1.54) is 11.3 Å². The van der Waals surface area contributed by atoms with Crippen molar-refractivity contribution in [3.05, 3.63) is 81.4 Å². The van der Waals surface area contributed by atoms with Gasteiger partial charge in [-0.2, -0.15) is 0 Å². The van der Waals surface area contributed by atoms with E-state index >= 15 is 0 Å².